The molecule has 0 N–H and O–H groups in total. The van der Waals surface area contributed by atoms with Crippen LogP contribution in [0, 0.1) is 35.5 Å². The average Bonchev–Trinajstić information content (AvgIpc) is 2.79. The van der Waals surface area contributed by atoms with Crippen LogP contribution in [0.4, 0.5) is 0 Å². The van der Waals surface area contributed by atoms with Crippen LogP contribution in [0.5, 0.6) is 5.75 Å². The van der Waals surface area contributed by atoms with Crippen LogP contribution >= 0.6 is 0 Å². The molecule has 2 heteroatoms. The van der Waals surface area contributed by atoms with Gasteiger partial charge in [0.2, 0.25) is 0 Å². The van der Waals surface area contributed by atoms with Crippen LogP contribution in [0.15, 0.2) is 48.5 Å². The lowest BCUT2D eigenvalue weighted by Crippen LogP contribution is -2.25. The van der Waals surface area contributed by atoms with Gasteiger partial charge in [0.1, 0.15) is 5.75 Å². The van der Waals surface area contributed by atoms with E-state index >= 15 is 0 Å². The Hall–Kier alpha value is -2.97. The number of unbranched alkanes of at least 4 members (excludes halogenated alkanes) is 1. The highest BCUT2D eigenvalue weighted by molar-refractivity contribution is 5.75. The predicted molar refractivity (Wildman–Crippen MR) is 122 cm³/mol. The molecule has 1 saturated carbocycles. The normalized spacial score (nSPS) is 17.8. The van der Waals surface area contributed by atoms with Crippen molar-refractivity contribution in [1.82, 2.24) is 0 Å². The zero-order chi connectivity index (χ0) is 21.2. The van der Waals surface area contributed by atoms with Crippen molar-refractivity contribution in [3.63, 3.8) is 0 Å². The molecule has 0 amide bonds. The number of hydrogen-bond donors (Lipinski definition) is 0. The van der Waals surface area contributed by atoms with Crippen LogP contribution in [0.2, 0.25) is 0 Å². The Morgan fingerprint density at radius 1 is 0.867 bits per heavy atom. The van der Waals surface area contributed by atoms with Crippen LogP contribution < -0.4 is 4.74 Å². The number of ether oxygens (including phenoxy) is 1. The number of benzene rings is 2. The molecule has 3 rings (SSSR count). The van der Waals surface area contributed by atoms with Crippen molar-refractivity contribution < 1.29 is 9.53 Å². The predicted octanol–water partition coefficient (Wildman–Crippen LogP) is 6.36. The second-order valence-electron chi connectivity index (χ2n) is 8.01. The third kappa shape index (κ3) is 6.53. The maximum Gasteiger partial charge on any atom is 0.314 e. The molecular weight excluding hydrogens is 368 g/mol. The van der Waals surface area contributed by atoms with Crippen molar-refractivity contribution in [3.8, 4) is 29.4 Å². The molecule has 2 aromatic rings. The van der Waals surface area contributed by atoms with Crippen molar-refractivity contribution in [2.75, 3.05) is 0 Å². The summed E-state index contributed by atoms with van der Waals surface area (Å²) in [6.45, 7) is 4.06. The summed E-state index contributed by atoms with van der Waals surface area (Å²) in [6, 6.07) is 15.3. The van der Waals surface area contributed by atoms with Gasteiger partial charge in [-0.3, -0.25) is 4.79 Å². The number of rotatable bonds is 5. The second kappa shape index (κ2) is 11.3. The van der Waals surface area contributed by atoms with E-state index in [0.29, 0.717) is 5.75 Å². The fraction of sp³-hybridized carbons (Fsp3) is 0.393. The molecule has 1 fully saturated rings. The summed E-state index contributed by atoms with van der Waals surface area (Å²) in [4.78, 5) is 12.5. The monoisotopic (exact) mass is 398 g/mol. The van der Waals surface area contributed by atoms with Gasteiger partial charge in [0.05, 0.1) is 5.92 Å². The number of carbonyl (C=O) groups is 1. The van der Waals surface area contributed by atoms with E-state index in [-0.39, 0.29) is 11.9 Å². The standard InChI is InChI=1S/C28H30O2/c1-3-5-7-23-14-18-26(19-15-23)28(29)30-27-20-16-25(17-21-27)13-12-24-10-8-22(6-4-2)9-11-24/h8-11,16-17,20-21,23,26H,3,5,7,14-15,18-19H2,1-2H3. The number of hydrogen-bond acceptors (Lipinski definition) is 2. The molecule has 0 atom stereocenters. The van der Waals surface area contributed by atoms with Crippen LogP contribution in [-0.4, -0.2) is 5.97 Å². The highest BCUT2D eigenvalue weighted by Crippen LogP contribution is 2.32. The topological polar surface area (TPSA) is 26.3 Å². The van der Waals surface area contributed by atoms with Gasteiger partial charge in [0.15, 0.2) is 0 Å². The maximum absolute atomic E-state index is 12.5. The molecule has 1 aliphatic rings. The van der Waals surface area contributed by atoms with Gasteiger partial charge >= 0.3 is 5.97 Å². The van der Waals surface area contributed by atoms with Crippen LogP contribution in [0.25, 0.3) is 0 Å². The Balaban J connectivity index is 1.51. The maximum atomic E-state index is 12.5. The van der Waals surface area contributed by atoms with Gasteiger partial charge in [-0.2, -0.15) is 0 Å². The Kier molecular flexibility index (Phi) is 8.17. The SMILES string of the molecule is CC#Cc1ccc(C#Cc2ccc(OC(=O)C3CCC(CCCC)CC3)cc2)cc1. The molecule has 0 aromatic heterocycles. The van der Waals surface area contributed by atoms with Gasteiger partial charge in [0.25, 0.3) is 0 Å². The first-order valence-electron chi connectivity index (χ1n) is 11.0. The minimum atomic E-state index is -0.0851. The Bertz CT molecular complexity index is 938. The van der Waals surface area contributed by atoms with Crippen molar-refractivity contribution in [2.24, 2.45) is 11.8 Å². The van der Waals surface area contributed by atoms with Crippen molar-refractivity contribution in [1.29, 1.82) is 0 Å². The van der Waals surface area contributed by atoms with Gasteiger partial charge in [-0.15, -0.1) is 5.92 Å². The van der Waals surface area contributed by atoms with E-state index < -0.39 is 0 Å². The zero-order valence-corrected chi connectivity index (χ0v) is 18.0. The second-order valence-corrected chi connectivity index (χ2v) is 8.01. The summed E-state index contributed by atoms with van der Waals surface area (Å²) in [5.41, 5.74) is 2.83. The molecule has 0 radical (unpaired) electrons. The number of esters is 1. The summed E-state index contributed by atoms with van der Waals surface area (Å²) >= 11 is 0. The molecule has 0 aliphatic heterocycles. The van der Waals surface area contributed by atoms with Crippen LogP contribution in [0.3, 0.4) is 0 Å². The number of carbonyl (C=O) groups excluding carboxylic acids is 1. The van der Waals surface area contributed by atoms with Gasteiger partial charge in [-0.25, -0.2) is 0 Å². The van der Waals surface area contributed by atoms with Gasteiger partial charge in [-0.05, 0) is 87.1 Å². The van der Waals surface area contributed by atoms with Crippen molar-refractivity contribution >= 4 is 5.97 Å². The first-order chi connectivity index (χ1) is 14.7. The highest BCUT2D eigenvalue weighted by atomic mass is 16.5. The molecule has 2 aromatic carbocycles. The van der Waals surface area contributed by atoms with Gasteiger partial charge < -0.3 is 4.74 Å². The van der Waals surface area contributed by atoms with E-state index in [0.717, 1.165) is 48.3 Å². The molecule has 154 valence electrons. The van der Waals surface area contributed by atoms with Crippen molar-refractivity contribution in [3.05, 3.63) is 65.2 Å². The lowest BCUT2D eigenvalue weighted by Gasteiger charge is -2.27. The van der Waals surface area contributed by atoms with E-state index in [9.17, 15) is 4.79 Å². The Morgan fingerprint density at radius 3 is 1.93 bits per heavy atom. The zero-order valence-electron chi connectivity index (χ0n) is 18.0. The molecule has 2 nitrogen and oxygen atoms in total. The van der Waals surface area contributed by atoms with Gasteiger partial charge in [0, 0.05) is 16.7 Å². The first-order valence-corrected chi connectivity index (χ1v) is 11.0. The Labute approximate surface area is 181 Å². The molecular formula is C28H30O2. The first kappa shape index (κ1) is 21.7. The van der Waals surface area contributed by atoms with E-state index in [2.05, 4.69) is 30.6 Å². The fourth-order valence-electron chi connectivity index (χ4n) is 3.91. The highest BCUT2D eigenvalue weighted by Gasteiger charge is 2.27. The molecule has 30 heavy (non-hydrogen) atoms. The summed E-state index contributed by atoms with van der Waals surface area (Å²) < 4.78 is 5.62. The van der Waals surface area contributed by atoms with E-state index in [1.807, 2.05) is 55.5 Å². The van der Waals surface area contributed by atoms with E-state index in [1.54, 1.807) is 0 Å². The van der Waals surface area contributed by atoms with E-state index in [1.165, 1.54) is 19.3 Å². The summed E-state index contributed by atoms with van der Waals surface area (Å²) in [7, 11) is 0. The summed E-state index contributed by atoms with van der Waals surface area (Å²) in [5.74, 6) is 13.6. The molecule has 0 spiro atoms. The lowest BCUT2D eigenvalue weighted by molar-refractivity contribution is -0.140. The van der Waals surface area contributed by atoms with E-state index in [4.69, 9.17) is 4.74 Å². The van der Waals surface area contributed by atoms with Gasteiger partial charge in [-0.1, -0.05) is 43.9 Å². The minimum Gasteiger partial charge on any atom is -0.426 e. The molecule has 0 bridgehead atoms. The smallest absolute Gasteiger partial charge is 0.314 e. The third-order valence-corrected chi connectivity index (χ3v) is 5.72. The van der Waals surface area contributed by atoms with Crippen LogP contribution in [0.1, 0.15) is 75.5 Å². The third-order valence-electron chi connectivity index (χ3n) is 5.72. The summed E-state index contributed by atoms with van der Waals surface area (Å²) in [5, 5.41) is 0. The molecule has 0 heterocycles. The quantitative estimate of drug-likeness (QED) is 0.333. The summed E-state index contributed by atoms with van der Waals surface area (Å²) in [6.07, 6.45) is 8.08. The largest absolute Gasteiger partial charge is 0.426 e. The molecule has 0 unspecified atom stereocenters. The average molecular weight is 399 g/mol. The Morgan fingerprint density at radius 2 is 1.40 bits per heavy atom. The molecule has 1 aliphatic carbocycles. The minimum absolute atomic E-state index is 0.0442. The fourth-order valence-corrected chi connectivity index (χ4v) is 3.91. The molecule has 0 saturated heterocycles. The van der Waals surface area contributed by atoms with Crippen molar-refractivity contribution in [2.45, 2.75) is 58.8 Å². The lowest BCUT2D eigenvalue weighted by atomic mass is 9.80. The van der Waals surface area contributed by atoms with Crippen LogP contribution in [-0.2, 0) is 4.79 Å².